The number of fused-ring (bicyclic) bond motifs is 3. The van der Waals surface area contributed by atoms with Crippen LogP contribution in [0, 0.1) is 6.92 Å². The van der Waals surface area contributed by atoms with Gasteiger partial charge in [0, 0.05) is 17.9 Å². The predicted octanol–water partition coefficient (Wildman–Crippen LogP) is 3.81. The monoisotopic (exact) mass is 375 g/mol. The molecule has 3 aromatic heterocycles. The summed E-state index contributed by atoms with van der Waals surface area (Å²) in [6, 6.07) is 13.5. The fraction of sp³-hybridized carbons (Fsp3) is 0.190. The van der Waals surface area contributed by atoms with Gasteiger partial charge >= 0.3 is 0 Å². The Hall–Kier alpha value is -2.99. The summed E-state index contributed by atoms with van der Waals surface area (Å²) in [4.78, 5) is 33.8. The van der Waals surface area contributed by atoms with Crippen LogP contribution in [0.15, 0.2) is 53.5 Å². The molecule has 1 atom stereocenters. The number of aromatic nitrogens is 2. The van der Waals surface area contributed by atoms with Crippen molar-refractivity contribution in [3.8, 4) is 0 Å². The van der Waals surface area contributed by atoms with Crippen LogP contribution in [0.3, 0.4) is 0 Å². The number of pyridine rings is 1. The van der Waals surface area contributed by atoms with Crippen LogP contribution >= 0.6 is 11.3 Å². The van der Waals surface area contributed by atoms with E-state index in [-0.39, 0.29) is 17.5 Å². The summed E-state index contributed by atoms with van der Waals surface area (Å²) in [7, 11) is 0. The first kappa shape index (κ1) is 16.2. The molecular weight excluding hydrogens is 358 g/mol. The number of hydrogen-bond acceptors (Lipinski definition) is 4. The van der Waals surface area contributed by atoms with Crippen molar-refractivity contribution in [3.63, 3.8) is 0 Å². The molecule has 0 bridgehead atoms. The minimum atomic E-state index is -0.135. The van der Waals surface area contributed by atoms with Gasteiger partial charge in [-0.05, 0) is 49.6 Å². The van der Waals surface area contributed by atoms with Crippen molar-refractivity contribution >= 4 is 38.8 Å². The smallest absolute Gasteiger partial charge is 0.268 e. The lowest BCUT2D eigenvalue weighted by atomic mass is 10.1. The Morgan fingerprint density at radius 1 is 1.22 bits per heavy atom. The molecular formula is C21H17N3O2S. The lowest BCUT2D eigenvalue weighted by Crippen LogP contribution is -2.35. The molecule has 1 aliphatic heterocycles. The van der Waals surface area contributed by atoms with Crippen LogP contribution in [0.1, 0.15) is 27.7 Å². The lowest BCUT2D eigenvalue weighted by molar-refractivity contribution is 0.0985. The molecule has 134 valence electrons. The third-order valence-corrected chi connectivity index (χ3v) is 6.19. The summed E-state index contributed by atoms with van der Waals surface area (Å²) in [6.45, 7) is 3.98. The van der Waals surface area contributed by atoms with Crippen LogP contribution in [-0.4, -0.2) is 21.3 Å². The summed E-state index contributed by atoms with van der Waals surface area (Å²) in [5.41, 5.74) is 3.57. The highest BCUT2D eigenvalue weighted by Crippen LogP contribution is 2.34. The van der Waals surface area contributed by atoms with Gasteiger partial charge in [0.1, 0.15) is 10.5 Å². The van der Waals surface area contributed by atoms with Gasteiger partial charge in [-0.2, -0.15) is 0 Å². The topological polar surface area (TPSA) is 54.7 Å². The Bertz CT molecular complexity index is 1290. The highest BCUT2D eigenvalue weighted by atomic mass is 32.1. The van der Waals surface area contributed by atoms with Gasteiger partial charge in [-0.1, -0.05) is 24.3 Å². The van der Waals surface area contributed by atoms with Crippen molar-refractivity contribution < 1.29 is 4.79 Å². The summed E-state index contributed by atoms with van der Waals surface area (Å²) in [5.74, 6) is -0.0689. The SMILES string of the molecule is Cc1cccn2c(=O)c3cc(C(=O)N4c5ccccc5C[C@@H]4C)sc3nc12. The molecule has 0 saturated carbocycles. The van der Waals surface area contributed by atoms with E-state index in [1.807, 2.05) is 42.2 Å². The predicted molar refractivity (Wildman–Crippen MR) is 108 cm³/mol. The minimum absolute atomic E-state index is 0.0689. The summed E-state index contributed by atoms with van der Waals surface area (Å²) >= 11 is 1.29. The van der Waals surface area contributed by atoms with E-state index in [1.54, 1.807) is 16.7 Å². The quantitative estimate of drug-likeness (QED) is 0.508. The van der Waals surface area contributed by atoms with Crippen molar-refractivity contribution in [3.05, 3.63) is 75.0 Å². The largest absolute Gasteiger partial charge is 0.304 e. The lowest BCUT2D eigenvalue weighted by Gasteiger charge is -2.21. The molecule has 0 N–H and O–H groups in total. The van der Waals surface area contributed by atoms with Crippen LogP contribution < -0.4 is 10.5 Å². The minimum Gasteiger partial charge on any atom is -0.304 e. The van der Waals surface area contributed by atoms with E-state index in [9.17, 15) is 9.59 Å². The number of para-hydroxylation sites is 1. The highest BCUT2D eigenvalue weighted by Gasteiger charge is 2.32. The zero-order chi connectivity index (χ0) is 18.7. The van der Waals surface area contributed by atoms with Crippen LogP contribution in [0.25, 0.3) is 15.9 Å². The number of hydrogen-bond donors (Lipinski definition) is 0. The van der Waals surface area contributed by atoms with Gasteiger partial charge in [-0.3, -0.25) is 14.0 Å². The number of amides is 1. The number of benzene rings is 1. The normalized spacial score (nSPS) is 16.2. The molecule has 0 radical (unpaired) electrons. The molecule has 1 aromatic carbocycles. The molecule has 1 amide bonds. The second-order valence-electron chi connectivity index (χ2n) is 6.99. The van der Waals surface area contributed by atoms with E-state index in [2.05, 4.69) is 18.0 Å². The maximum absolute atomic E-state index is 13.3. The Balaban J connectivity index is 1.67. The van der Waals surface area contributed by atoms with Gasteiger partial charge < -0.3 is 4.90 Å². The summed E-state index contributed by atoms with van der Waals surface area (Å²) < 4.78 is 1.55. The van der Waals surface area contributed by atoms with E-state index in [0.29, 0.717) is 20.7 Å². The van der Waals surface area contributed by atoms with E-state index in [1.165, 1.54) is 16.9 Å². The van der Waals surface area contributed by atoms with Crippen LogP contribution in [0.2, 0.25) is 0 Å². The highest BCUT2D eigenvalue weighted by molar-refractivity contribution is 7.20. The molecule has 6 heteroatoms. The van der Waals surface area contributed by atoms with Crippen LogP contribution in [0.4, 0.5) is 5.69 Å². The summed E-state index contributed by atoms with van der Waals surface area (Å²) in [5, 5.41) is 0.492. The van der Waals surface area contributed by atoms with Gasteiger partial charge in [-0.15, -0.1) is 11.3 Å². The molecule has 4 heterocycles. The van der Waals surface area contributed by atoms with Gasteiger partial charge in [0.15, 0.2) is 0 Å². The molecule has 5 rings (SSSR count). The molecule has 0 saturated heterocycles. The van der Waals surface area contributed by atoms with Crippen LogP contribution in [-0.2, 0) is 6.42 Å². The molecule has 0 fully saturated rings. The number of aryl methyl sites for hydroxylation is 1. The van der Waals surface area contributed by atoms with Gasteiger partial charge in [0.25, 0.3) is 11.5 Å². The molecule has 0 unspecified atom stereocenters. The second kappa shape index (κ2) is 5.76. The van der Waals surface area contributed by atoms with E-state index in [4.69, 9.17) is 0 Å². The third-order valence-electron chi connectivity index (χ3n) is 5.17. The van der Waals surface area contributed by atoms with E-state index < -0.39 is 0 Å². The van der Waals surface area contributed by atoms with Crippen molar-refractivity contribution in [1.29, 1.82) is 0 Å². The zero-order valence-corrected chi connectivity index (χ0v) is 15.8. The molecule has 5 nitrogen and oxygen atoms in total. The fourth-order valence-electron chi connectivity index (χ4n) is 3.86. The number of nitrogens with zero attached hydrogens (tertiary/aromatic N) is 3. The Kier molecular flexibility index (Phi) is 3.45. The van der Waals surface area contributed by atoms with Crippen molar-refractivity contribution in [2.24, 2.45) is 0 Å². The van der Waals surface area contributed by atoms with Gasteiger partial charge in [-0.25, -0.2) is 4.98 Å². The standard InChI is InChI=1S/C21H17N3O2S/c1-12-6-5-9-23-18(12)22-19-15(20(23)25)11-17(27-19)21(26)24-13(2)10-14-7-3-4-8-16(14)24/h3-9,11,13H,10H2,1-2H3/t13-/m0/s1. The molecule has 4 aromatic rings. The zero-order valence-electron chi connectivity index (χ0n) is 15.0. The maximum Gasteiger partial charge on any atom is 0.268 e. The third kappa shape index (κ3) is 2.33. The number of carbonyl (C=O) groups excluding carboxylic acids is 1. The average molecular weight is 375 g/mol. The van der Waals surface area contributed by atoms with E-state index in [0.717, 1.165) is 17.7 Å². The van der Waals surface area contributed by atoms with Crippen molar-refractivity contribution in [1.82, 2.24) is 9.38 Å². The number of carbonyl (C=O) groups is 1. The first-order valence-electron chi connectivity index (χ1n) is 8.87. The number of rotatable bonds is 1. The molecule has 1 aliphatic rings. The van der Waals surface area contributed by atoms with Crippen LogP contribution in [0.5, 0.6) is 0 Å². The Morgan fingerprint density at radius 3 is 2.89 bits per heavy atom. The number of thiophene rings is 1. The Morgan fingerprint density at radius 2 is 2.04 bits per heavy atom. The Labute approximate surface area is 159 Å². The van der Waals surface area contributed by atoms with Crippen molar-refractivity contribution in [2.75, 3.05) is 4.90 Å². The molecule has 0 aliphatic carbocycles. The first-order chi connectivity index (χ1) is 13.0. The maximum atomic E-state index is 13.3. The van der Waals surface area contributed by atoms with E-state index >= 15 is 0 Å². The van der Waals surface area contributed by atoms with Crippen molar-refractivity contribution in [2.45, 2.75) is 26.3 Å². The summed E-state index contributed by atoms with van der Waals surface area (Å²) in [6.07, 6.45) is 2.56. The average Bonchev–Trinajstić information content (AvgIpc) is 3.23. The second-order valence-corrected chi connectivity index (χ2v) is 8.02. The fourth-order valence-corrected chi connectivity index (χ4v) is 4.82. The molecule has 27 heavy (non-hydrogen) atoms. The van der Waals surface area contributed by atoms with Gasteiger partial charge in [0.2, 0.25) is 0 Å². The molecule has 0 spiro atoms. The van der Waals surface area contributed by atoms with Gasteiger partial charge in [0.05, 0.1) is 10.3 Å². The first-order valence-corrected chi connectivity index (χ1v) is 9.69. The number of anilines is 1.